The van der Waals surface area contributed by atoms with Crippen LogP contribution in [-0.2, 0) is 16.1 Å². The molecule has 0 aliphatic rings. The average molecular weight is 318 g/mol. The van der Waals surface area contributed by atoms with Gasteiger partial charge in [-0.3, -0.25) is 9.59 Å². The minimum atomic E-state index is -0.890. The molecular weight excluding hydrogens is 302 g/mol. The lowest BCUT2D eigenvalue weighted by Crippen LogP contribution is -2.28. The molecular formula is C17H16F2N2O2. The van der Waals surface area contributed by atoms with Gasteiger partial charge in [-0.2, -0.15) is 0 Å². The Balaban J connectivity index is 1.88. The van der Waals surface area contributed by atoms with E-state index in [4.69, 9.17) is 0 Å². The first kappa shape index (κ1) is 16.6. The molecule has 0 aromatic heterocycles. The molecule has 0 spiro atoms. The molecule has 0 radical (unpaired) electrons. The minimum Gasteiger partial charge on any atom is -0.352 e. The monoisotopic (exact) mass is 318 g/mol. The molecule has 2 aromatic carbocycles. The molecule has 0 bridgehead atoms. The van der Waals surface area contributed by atoms with Crippen LogP contribution in [0.25, 0.3) is 0 Å². The number of para-hydroxylation sites is 1. The number of anilines is 1. The van der Waals surface area contributed by atoms with Crippen LogP contribution in [0.2, 0.25) is 0 Å². The standard InChI is InChI=1S/C17H16F2N2O2/c1-11-5-2-3-6-12(11)10-20-15(22)9-16(23)21-17-13(18)7-4-8-14(17)19/h2-8H,9-10H2,1H3,(H,20,22)(H,21,23). The smallest absolute Gasteiger partial charge is 0.233 e. The largest absolute Gasteiger partial charge is 0.352 e. The minimum absolute atomic E-state index is 0.285. The van der Waals surface area contributed by atoms with Gasteiger partial charge in [-0.05, 0) is 30.2 Å². The quantitative estimate of drug-likeness (QED) is 0.833. The van der Waals surface area contributed by atoms with Crippen LogP contribution in [0.5, 0.6) is 0 Å². The molecule has 0 heterocycles. The lowest BCUT2D eigenvalue weighted by atomic mass is 10.1. The highest BCUT2D eigenvalue weighted by atomic mass is 19.1. The molecule has 0 unspecified atom stereocenters. The second kappa shape index (κ2) is 7.49. The van der Waals surface area contributed by atoms with Crippen LogP contribution >= 0.6 is 0 Å². The van der Waals surface area contributed by atoms with E-state index in [1.165, 1.54) is 6.07 Å². The molecule has 0 aliphatic carbocycles. The van der Waals surface area contributed by atoms with E-state index in [2.05, 4.69) is 10.6 Å². The normalized spacial score (nSPS) is 10.2. The zero-order valence-corrected chi connectivity index (χ0v) is 12.5. The summed E-state index contributed by atoms with van der Waals surface area (Å²) in [6, 6.07) is 10.8. The number of hydrogen-bond acceptors (Lipinski definition) is 2. The van der Waals surface area contributed by atoms with Gasteiger partial charge in [-0.1, -0.05) is 30.3 Å². The van der Waals surface area contributed by atoms with Crippen molar-refractivity contribution in [2.45, 2.75) is 19.9 Å². The zero-order valence-electron chi connectivity index (χ0n) is 12.5. The van der Waals surface area contributed by atoms with Crippen LogP contribution in [0.1, 0.15) is 17.5 Å². The van der Waals surface area contributed by atoms with E-state index < -0.39 is 35.6 Å². The maximum atomic E-state index is 13.4. The fourth-order valence-electron chi connectivity index (χ4n) is 2.01. The predicted molar refractivity (Wildman–Crippen MR) is 82.6 cm³/mol. The highest BCUT2D eigenvalue weighted by Crippen LogP contribution is 2.18. The molecule has 2 aromatic rings. The van der Waals surface area contributed by atoms with Gasteiger partial charge in [0, 0.05) is 6.54 Å². The van der Waals surface area contributed by atoms with Crippen LogP contribution in [-0.4, -0.2) is 11.8 Å². The third-order valence-corrected chi connectivity index (χ3v) is 3.29. The van der Waals surface area contributed by atoms with Gasteiger partial charge in [0.25, 0.3) is 0 Å². The molecule has 2 rings (SSSR count). The van der Waals surface area contributed by atoms with Gasteiger partial charge in [0.05, 0.1) is 0 Å². The maximum Gasteiger partial charge on any atom is 0.233 e. The first-order valence-corrected chi connectivity index (χ1v) is 7.02. The molecule has 0 fully saturated rings. The molecule has 0 atom stereocenters. The molecule has 0 aliphatic heterocycles. The van der Waals surface area contributed by atoms with Gasteiger partial charge in [0.2, 0.25) is 11.8 Å². The number of amides is 2. The number of carbonyl (C=O) groups is 2. The lowest BCUT2D eigenvalue weighted by Gasteiger charge is -2.09. The zero-order chi connectivity index (χ0) is 16.8. The van der Waals surface area contributed by atoms with Crippen molar-refractivity contribution in [3.8, 4) is 0 Å². The summed E-state index contributed by atoms with van der Waals surface area (Å²) in [7, 11) is 0. The second-order valence-electron chi connectivity index (χ2n) is 5.02. The van der Waals surface area contributed by atoms with Crippen molar-refractivity contribution in [1.82, 2.24) is 5.32 Å². The summed E-state index contributed by atoms with van der Waals surface area (Å²) in [5.41, 5.74) is 1.40. The Morgan fingerprint density at radius 2 is 1.61 bits per heavy atom. The van der Waals surface area contributed by atoms with Crippen molar-refractivity contribution in [3.05, 3.63) is 65.2 Å². The van der Waals surface area contributed by atoms with E-state index in [0.717, 1.165) is 23.3 Å². The molecule has 4 nitrogen and oxygen atoms in total. The Morgan fingerprint density at radius 3 is 2.26 bits per heavy atom. The van der Waals surface area contributed by atoms with E-state index >= 15 is 0 Å². The number of rotatable bonds is 5. The van der Waals surface area contributed by atoms with E-state index in [9.17, 15) is 18.4 Å². The molecule has 120 valence electrons. The van der Waals surface area contributed by atoms with Crippen molar-refractivity contribution < 1.29 is 18.4 Å². The fourth-order valence-corrected chi connectivity index (χ4v) is 2.01. The van der Waals surface area contributed by atoms with Gasteiger partial charge in [-0.25, -0.2) is 8.78 Å². The highest BCUT2D eigenvalue weighted by Gasteiger charge is 2.14. The molecule has 0 saturated heterocycles. The maximum absolute atomic E-state index is 13.4. The fraction of sp³-hybridized carbons (Fsp3) is 0.176. The number of carbonyl (C=O) groups excluding carboxylic acids is 2. The number of aryl methyl sites for hydroxylation is 1. The van der Waals surface area contributed by atoms with Crippen molar-refractivity contribution in [2.75, 3.05) is 5.32 Å². The van der Waals surface area contributed by atoms with Gasteiger partial charge in [-0.15, -0.1) is 0 Å². The van der Waals surface area contributed by atoms with E-state index in [1.807, 2.05) is 31.2 Å². The van der Waals surface area contributed by atoms with Crippen molar-refractivity contribution in [2.24, 2.45) is 0 Å². The van der Waals surface area contributed by atoms with Crippen molar-refractivity contribution >= 4 is 17.5 Å². The SMILES string of the molecule is Cc1ccccc1CNC(=O)CC(=O)Nc1c(F)cccc1F. The first-order chi connectivity index (χ1) is 11.0. The summed E-state index contributed by atoms with van der Waals surface area (Å²) in [5.74, 6) is -3.09. The van der Waals surface area contributed by atoms with Gasteiger partial charge >= 0.3 is 0 Å². The van der Waals surface area contributed by atoms with Crippen LogP contribution in [0.15, 0.2) is 42.5 Å². The van der Waals surface area contributed by atoms with E-state index in [-0.39, 0.29) is 6.54 Å². The second-order valence-corrected chi connectivity index (χ2v) is 5.02. The summed E-state index contributed by atoms with van der Waals surface area (Å²) < 4.78 is 26.8. The van der Waals surface area contributed by atoms with Crippen LogP contribution < -0.4 is 10.6 Å². The van der Waals surface area contributed by atoms with Crippen molar-refractivity contribution in [1.29, 1.82) is 0 Å². The molecule has 2 amide bonds. The Hall–Kier alpha value is -2.76. The Labute approximate surface area is 132 Å². The molecule has 23 heavy (non-hydrogen) atoms. The summed E-state index contributed by atoms with van der Waals surface area (Å²) >= 11 is 0. The summed E-state index contributed by atoms with van der Waals surface area (Å²) in [4.78, 5) is 23.4. The summed E-state index contributed by atoms with van der Waals surface area (Å²) in [5, 5.41) is 4.67. The average Bonchev–Trinajstić information content (AvgIpc) is 2.50. The first-order valence-electron chi connectivity index (χ1n) is 7.02. The number of nitrogens with one attached hydrogen (secondary N) is 2. The molecule has 2 N–H and O–H groups in total. The number of benzene rings is 2. The topological polar surface area (TPSA) is 58.2 Å². The summed E-state index contributed by atoms with van der Waals surface area (Å²) in [6.45, 7) is 2.20. The van der Waals surface area contributed by atoms with Crippen LogP contribution in [0.3, 0.4) is 0 Å². The Morgan fingerprint density at radius 1 is 0.957 bits per heavy atom. The third-order valence-electron chi connectivity index (χ3n) is 3.29. The van der Waals surface area contributed by atoms with Gasteiger partial charge in [0.1, 0.15) is 23.7 Å². The Kier molecular flexibility index (Phi) is 5.41. The van der Waals surface area contributed by atoms with E-state index in [1.54, 1.807) is 0 Å². The predicted octanol–water partition coefficient (Wildman–Crippen LogP) is 2.92. The molecule has 6 heteroatoms. The number of halogens is 2. The summed E-state index contributed by atoms with van der Waals surface area (Å²) in [6.07, 6.45) is -0.514. The molecule has 0 saturated carbocycles. The van der Waals surface area contributed by atoms with E-state index in [0.29, 0.717) is 0 Å². The van der Waals surface area contributed by atoms with Crippen LogP contribution in [0.4, 0.5) is 14.5 Å². The lowest BCUT2D eigenvalue weighted by molar-refractivity contribution is -0.126. The third kappa shape index (κ3) is 4.60. The highest BCUT2D eigenvalue weighted by molar-refractivity contribution is 6.03. The van der Waals surface area contributed by atoms with Crippen LogP contribution in [0, 0.1) is 18.6 Å². The van der Waals surface area contributed by atoms with Gasteiger partial charge < -0.3 is 10.6 Å². The van der Waals surface area contributed by atoms with Crippen molar-refractivity contribution in [3.63, 3.8) is 0 Å². The van der Waals surface area contributed by atoms with Gasteiger partial charge in [0.15, 0.2) is 0 Å². The Bertz CT molecular complexity index is 712. The number of hydrogen-bond donors (Lipinski definition) is 2.